The molecule has 0 fully saturated rings. The van der Waals surface area contributed by atoms with Crippen molar-refractivity contribution in [3.05, 3.63) is 22.4 Å². The third-order valence-electron chi connectivity index (χ3n) is 1.41. The fraction of sp³-hybridized carbons (Fsp3) is 0.286. The van der Waals surface area contributed by atoms with Gasteiger partial charge in [-0.05, 0) is 18.6 Å². The highest BCUT2D eigenvalue weighted by Gasteiger charge is 2.17. The van der Waals surface area contributed by atoms with Crippen LogP contribution in [0.2, 0.25) is 0 Å². The summed E-state index contributed by atoms with van der Waals surface area (Å²) in [6.45, 7) is 1.80. The van der Waals surface area contributed by atoms with Crippen molar-refractivity contribution in [1.82, 2.24) is 5.32 Å². The second-order valence-corrected chi connectivity index (χ2v) is 3.05. The fourth-order valence-corrected chi connectivity index (χ4v) is 1.51. The molecular formula is C7H6Cl2N2. The summed E-state index contributed by atoms with van der Waals surface area (Å²) in [6.07, 6.45) is 1.68. The Morgan fingerprint density at radius 3 is 2.82 bits per heavy atom. The van der Waals surface area contributed by atoms with Crippen molar-refractivity contribution in [2.24, 2.45) is 0 Å². The van der Waals surface area contributed by atoms with Gasteiger partial charge in [0, 0.05) is 0 Å². The molecule has 1 aliphatic heterocycles. The highest BCUT2D eigenvalue weighted by Crippen LogP contribution is 2.21. The molecular weight excluding hydrogens is 183 g/mol. The van der Waals surface area contributed by atoms with Gasteiger partial charge in [-0.2, -0.15) is 5.26 Å². The summed E-state index contributed by atoms with van der Waals surface area (Å²) < 4.78 is 0. The number of rotatable bonds is 0. The number of hydrogen-bond donors (Lipinski definition) is 1. The Bertz CT molecular complexity index is 273. The standard InChI is InChI=1S/C7H6Cl2N2/c1-4-2-6(8)11-7(9)5(4)3-10/h2,7,11H,1H3. The highest BCUT2D eigenvalue weighted by atomic mass is 35.5. The number of nitriles is 1. The minimum Gasteiger partial charge on any atom is -0.356 e. The smallest absolute Gasteiger partial charge is 0.138 e. The van der Waals surface area contributed by atoms with E-state index in [0.29, 0.717) is 10.7 Å². The molecule has 1 heterocycles. The zero-order valence-electron chi connectivity index (χ0n) is 5.86. The fourth-order valence-electron chi connectivity index (χ4n) is 0.847. The van der Waals surface area contributed by atoms with Gasteiger partial charge < -0.3 is 5.32 Å². The molecule has 1 unspecified atom stereocenters. The van der Waals surface area contributed by atoms with Crippen molar-refractivity contribution in [3.8, 4) is 6.07 Å². The van der Waals surface area contributed by atoms with E-state index in [1.54, 1.807) is 13.0 Å². The average molecular weight is 189 g/mol. The van der Waals surface area contributed by atoms with Crippen LogP contribution in [0, 0.1) is 11.3 Å². The molecule has 0 aromatic heterocycles. The van der Waals surface area contributed by atoms with Crippen LogP contribution in [0.4, 0.5) is 0 Å². The van der Waals surface area contributed by atoms with Gasteiger partial charge in [0.05, 0.1) is 11.6 Å². The molecule has 11 heavy (non-hydrogen) atoms. The second kappa shape index (κ2) is 3.17. The first-order valence-corrected chi connectivity index (χ1v) is 3.85. The van der Waals surface area contributed by atoms with Gasteiger partial charge in [-0.3, -0.25) is 0 Å². The van der Waals surface area contributed by atoms with E-state index in [4.69, 9.17) is 28.5 Å². The predicted molar refractivity (Wildman–Crippen MR) is 45.0 cm³/mol. The lowest BCUT2D eigenvalue weighted by molar-refractivity contribution is 0.843. The first kappa shape index (κ1) is 8.45. The third kappa shape index (κ3) is 1.68. The van der Waals surface area contributed by atoms with E-state index >= 15 is 0 Å². The van der Waals surface area contributed by atoms with Gasteiger partial charge in [-0.25, -0.2) is 0 Å². The van der Waals surface area contributed by atoms with Crippen LogP contribution in [-0.4, -0.2) is 5.50 Å². The molecule has 0 radical (unpaired) electrons. The Balaban J connectivity index is 3.04. The van der Waals surface area contributed by atoms with E-state index in [2.05, 4.69) is 5.32 Å². The topological polar surface area (TPSA) is 35.8 Å². The lowest BCUT2D eigenvalue weighted by atomic mass is 10.1. The van der Waals surface area contributed by atoms with Crippen molar-refractivity contribution in [2.45, 2.75) is 12.4 Å². The number of hydrogen-bond acceptors (Lipinski definition) is 2. The molecule has 0 aliphatic carbocycles. The Morgan fingerprint density at radius 2 is 2.36 bits per heavy atom. The lowest BCUT2D eigenvalue weighted by Crippen LogP contribution is -2.26. The molecule has 0 saturated heterocycles. The summed E-state index contributed by atoms with van der Waals surface area (Å²) in [4.78, 5) is 0. The maximum Gasteiger partial charge on any atom is 0.138 e. The number of nitrogens with zero attached hydrogens (tertiary/aromatic N) is 1. The molecule has 0 aromatic rings. The van der Waals surface area contributed by atoms with E-state index in [-0.39, 0.29) is 0 Å². The molecule has 2 nitrogen and oxygen atoms in total. The van der Waals surface area contributed by atoms with Crippen molar-refractivity contribution < 1.29 is 0 Å². The maximum atomic E-state index is 8.61. The highest BCUT2D eigenvalue weighted by molar-refractivity contribution is 6.31. The zero-order valence-corrected chi connectivity index (χ0v) is 7.37. The minimum absolute atomic E-state index is 0.474. The van der Waals surface area contributed by atoms with Crippen molar-refractivity contribution in [1.29, 1.82) is 5.26 Å². The van der Waals surface area contributed by atoms with Gasteiger partial charge in [0.25, 0.3) is 0 Å². The Morgan fingerprint density at radius 1 is 1.73 bits per heavy atom. The SMILES string of the molecule is CC1=C(C#N)C(Cl)NC(Cl)=C1. The van der Waals surface area contributed by atoms with E-state index in [1.165, 1.54) is 0 Å². The van der Waals surface area contributed by atoms with E-state index in [9.17, 15) is 0 Å². The predicted octanol–water partition coefficient (Wildman–Crippen LogP) is 2.07. The number of dihydropyridines is 1. The van der Waals surface area contributed by atoms with Crippen LogP contribution in [-0.2, 0) is 0 Å². The summed E-state index contributed by atoms with van der Waals surface area (Å²) in [5.74, 6) is 0. The molecule has 4 heteroatoms. The average Bonchev–Trinajstić information content (AvgIpc) is 1.85. The first-order valence-electron chi connectivity index (χ1n) is 3.04. The Hall–Kier alpha value is -0.650. The molecule has 58 valence electrons. The largest absolute Gasteiger partial charge is 0.356 e. The molecule has 0 spiro atoms. The second-order valence-electron chi connectivity index (χ2n) is 2.21. The van der Waals surface area contributed by atoms with Gasteiger partial charge in [0.1, 0.15) is 10.7 Å². The van der Waals surface area contributed by atoms with E-state index in [1.807, 2.05) is 6.07 Å². The van der Waals surface area contributed by atoms with Gasteiger partial charge >= 0.3 is 0 Å². The molecule has 0 aromatic carbocycles. The Kier molecular flexibility index (Phi) is 2.43. The quantitative estimate of drug-likeness (QED) is 0.467. The number of nitrogens with one attached hydrogen (secondary N) is 1. The molecule has 1 atom stereocenters. The van der Waals surface area contributed by atoms with Crippen LogP contribution in [0.15, 0.2) is 22.4 Å². The van der Waals surface area contributed by atoms with E-state index in [0.717, 1.165) is 5.57 Å². The number of allylic oxidation sites excluding steroid dienone is 2. The van der Waals surface area contributed by atoms with Crippen LogP contribution in [0.5, 0.6) is 0 Å². The van der Waals surface area contributed by atoms with Crippen LogP contribution in [0.1, 0.15) is 6.92 Å². The summed E-state index contributed by atoms with van der Waals surface area (Å²) >= 11 is 11.4. The first-order chi connectivity index (χ1) is 5.15. The molecule has 0 amide bonds. The number of alkyl halides is 1. The van der Waals surface area contributed by atoms with Crippen molar-refractivity contribution in [3.63, 3.8) is 0 Å². The van der Waals surface area contributed by atoms with Crippen LogP contribution in [0.3, 0.4) is 0 Å². The summed E-state index contributed by atoms with van der Waals surface area (Å²) in [6, 6.07) is 2.01. The maximum absolute atomic E-state index is 8.61. The summed E-state index contributed by atoms with van der Waals surface area (Å²) in [5, 5.41) is 11.8. The Labute approximate surface area is 75.1 Å². The van der Waals surface area contributed by atoms with Gasteiger partial charge in [0.15, 0.2) is 0 Å². The van der Waals surface area contributed by atoms with Crippen LogP contribution < -0.4 is 5.32 Å². The van der Waals surface area contributed by atoms with Crippen LogP contribution in [0.25, 0.3) is 0 Å². The molecule has 1 N–H and O–H groups in total. The lowest BCUT2D eigenvalue weighted by Gasteiger charge is -2.17. The molecule has 0 saturated carbocycles. The monoisotopic (exact) mass is 188 g/mol. The van der Waals surface area contributed by atoms with Crippen molar-refractivity contribution >= 4 is 23.2 Å². The van der Waals surface area contributed by atoms with Crippen molar-refractivity contribution in [2.75, 3.05) is 0 Å². The molecule has 0 bridgehead atoms. The summed E-state index contributed by atoms with van der Waals surface area (Å²) in [7, 11) is 0. The van der Waals surface area contributed by atoms with Gasteiger partial charge in [-0.1, -0.05) is 23.2 Å². The van der Waals surface area contributed by atoms with Gasteiger partial charge in [-0.15, -0.1) is 0 Å². The van der Waals surface area contributed by atoms with Gasteiger partial charge in [0.2, 0.25) is 0 Å². The molecule has 1 rings (SSSR count). The normalized spacial score (nSPS) is 23.8. The third-order valence-corrected chi connectivity index (χ3v) is 1.95. The van der Waals surface area contributed by atoms with Crippen LogP contribution >= 0.6 is 23.2 Å². The molecule has 1 aliphatic rings. The number of halogens is 2. The minimum atomic E-state index is -0.488. The zero-order chi connectivity index (χ0) is 8.43. The summed E-state index contributed by atoms with van der Waals surface area (Å²) in [5.41, 5.74) is 0.852. The van der Waals surface area contributed by atoms with E-state index < -0.39 is 5.50 Å².